The third-order valence-electron chi connectivity index (χ3n) is 2.63. The Kier molecular flexibility index (Phi) is 3.37. The summed E-state index contributed by atoms with van der Waals surface area (Å²) in [7, 11) is 1.67. The van der Waals surface area contributed by atoms with E-state index in [1.165, 1.54) is 0 Å². The summed E-state index contributed by atoms with van der Waals surface area (Å²) in [4.78, 5) is 27.0. The van der Waals surface area contributed by atoms with Gasteiger partial charge in [-0.15, -0.1) is 0 Å². The molecule has 0 aliphatic heterocycles. The molecule has 2 aromatic heterocycles. The van der Waals surface area contributed by atoms with E-state index in [4.69, 9.17) is 10.2 Å². The van der Waals surface area contributed by atoms with Crippen molar-refractivity contribution in [1.82, 2.24) is 9.38 Å². The molecule has 2 heterocycles. The molecule has 19 heavy (non-hydrogen) atoms. The number of fused-ring (bicyclic) bond motifs is 1. The lowest BCUT2D eigenvalue weighted by molar-refractivity contribution is -0.136. The first-order chi connectivity index (χ1) is 8.95. The van der Waals surface area contributed by atoms with Crippen LogP contribution < -0.4 is 4.90 Å². The first kappa shape index (κ1) is 12.9. The second-order valence-corrected chi connectivity index (χ2v) is 4.21. The molecule has 0 spiro atoms. The molecular formula is C12H13N3O4. The minimum absolute atomic E-state index is 0.109. The van der Waals surface area contributed by atoms with Gasteiger partial charge in [0, 0.05) is 19.4 Å². The number of nitrogens with zero attached hydrogens (tertiary/aromatic N) is 3. The van der Waals surface area contributed by atoms with Gasteiger partial charge in [0.2, 0.25) is 0 Å². The summed E-state index contributed by atoms with van der Waals surface area (Å²) >= 11 is 0. The predicted octanol–water partition coefficient (Wildman–Crippen LogP) is 0.482. The molecule has 0 radical (unpaired) electrons. The number of aliphatic carboxylic acids is 2. The number of carbonyl (C=O) groups is 2. The number of aromatic nitrogens is 2. The topological polar surface area (TPSA) is 95.1 Å². The lowest BCUT2D eigenvalue weighted by atomic mass is 10.3. The van der Waals surface area contributed by atoms with Crippen molar-refractivity contribution in [2.24, 2.45) is 0 Å². The lowest BCUT2D eigenvalue weighted by Gasteiger charge is -2.16. The van der Waals surface area contributed by atoms with Crippen LogP contribution in [0.4, 0.5) is 5.69 Å². The maximum atomic E-state index is 10.6. The number of imidazole rings is 1. The van der Waals surface area contributed by atoms with Crippen LogP contribution in [0, 0.1) is 0 Å². The number of anilines is 1. The lowest BCUT2D eigenvalue weighted by Crippen LogP contribution is -2.25. The molecular weight excluding hydrogens is 250 g/mol. The van der Waals surface area contributed by atoms with Gasteiger partial charge in [-0.25, -0.2) is 4.98 Å². The van der Waals surface area contributed by atoms with Crippen LogP contribution in [-0.4, -0.2) is 45.1 Å². The molecule has 0 saturated carbocycles. The minimum Gasteiger partial charge on any atom is -0.481 e. The Balaban J connectivity index is 2.29. The quantitative estimate of drug-likeness (QED) is 0.814. The number of carboxylic acids is 2. The smallest absolute Gasteiger partial charge is 0.323 e. The summed E-state index contributed by atoms with van der Waals surface area (Å²) in [6, 6.07) is 3.47. The number of carboxylic acid groups (broad SMARTS) is 2. The van der Waals surface area contributed by atoms with E-state index >= 15 is 0 Å². The number of hydrogen-bond donors (Lipinski definition) is 2. The number of likely N-dealkylation sites (N-methyl/N-ethyl adjacent to an activating group) is 1. The number of rotatable bonds is 5. The van der Waals surface area contributed by atoms with Gasteiger partial charge >= 0.3 is 11.9 Å². The third kappa shape index (κ3) is 3.01. The molecule has 0 unspecified atom stereocenters. The molecule has 0 amide bonds. The van der Waals surface area contributed by atoms with Crippen LogP contribution in [0.3, 0.4) is 0 Å². The molecule has 100 valence electrons. The first-order valence-corrected chi connectivity index (χ1v) is 5.58. The van der Waals surface area contributed by atoms with E-state index in [2.05, 4.69) is 4.98 Å². The zero-order valence-corrected chi connectivity index (χ0v) is 10.3. The Hall–Kier alpha value is -2.57. The van der Waals surface area contributed by atoms with E-state index in [1.807, 2.05) is 0 Å². The Morgan fingerprint density at radius 1 is 1.26 bits per heavy atom. The van der Waals surface area contributed by atoms with E-state index < -0.39 is 11.9 Å². The average molecular weight is 263 g/mol. The van der Waals surface area contributed by atoms with Crippen molar-refractivity contribution in [2.45, 2.75) is 6.42 Å². The third-order valence-corrected chi connectivity index (χ3v) is 2.63. The minimum atomic E-state index is -0.938. The van der Waals surface area contributed by atoms with E-state index in [-0.39, 0.29) is 13.0 Å². The molecule has 0 aromatic carbocycles. The van der Waals surface area contributed by atoms with Gasteiger partial charge in [-0.2, -0.15) is 0 Å². The molecule has 0 fully saturated rings. The summed E-state index contributed by atoms with van der Waals surface area (Å²) in [5.41, 5.74) is 1.81. The highest BCUT2D eigenvalue weighted by atomic mass is 16.4. The Morgan fingerprint density at radius 3 is 2.63 bits per heavy atom. The molecule has 2 aromatic rings. The fraction of sp³-hybridized carbons (Fsp3) is 0.250. The van der Waals surface area contributed by atoms with Gasteiger partial charge in [-0.1, -0.05) is 0 Å². The Bertz CT molecular complexity index is 635. The van der Waals surface area contributed by atoms with Crippen molar-refractivity contribution in [1.29, 1.82) is 0 Å². The van der Waals surface area contributed by atoms with Crippen molar-refractivity contribution in [3.05, 3.63) is 30.2 Å². The van der Waals surface area contributed by atoms with Crippen LogP contribution in [0.2, 0.25) is 0 Å². The molecule has 0 saturated heterocycles. The van der Waals surface area contributed by atoms with Crippen LogP contribution in [0.25, 0.3) is 5.65 Å². The molecule has 0 bridgehead atoms. The zero-order chi connectivity index (χ0) is 14.0. The molecule has 7 heteroatoms. The van der Waals surface area contributed by atoms with Crippen molar-refractivity contribution in [3.8, 4) is 0 Å². The monoisotopic (exact) mass is 263 g/mol. The number of pyridine rings is 1. The van der Waals surface area contributed by atoms with Crippen molar-refractivity contribution >= 4 is 23.3 Å². The summed E-state index contributed by atoms with van der Waals surface area (Å²) < 4.78 is 1.69. The van der Waals surface area contributed by atoms with Crippen LogP contribution in [0.15, 0.2) is 24.5 Å². The van der Waals surface area contributed by atoms with Crippen molar-refractivity contribution in [3.63, 3.8) is 0 Å². The zero-order valence-electron chi connectivity index (χ0n) is 10.3. The van der Waals surface area contributed by atoms with Gasteiger partial charge in [0.15, 0.2) is 0 Å². The van der Waals surface area contributed by atoms with Crippen LogP contribution in [0.5, 0.6) is 0 Å². The van der Waals surface area contributed by atoms with Crippen LogP contribution in [0.1, 0.15) is 5.69 Å². The van der Waals surface area contributed by atoms with Crippen molar-refractivity contribution in [2.75, 3.05) is 18.5 Å². The molecule has 2 N–H and O–H groups in total. The maximum absolute atomic E-state index is 10.6. The molecule has 0 aliphatic carbocycles. The van der Waals surface area contributed by atoms with Crippen molar-refractivity contribution < 1.29 is 19.8 Å². The molecule has 0 atom stereocenters. The fourth-order valence-corrected chi connectivity index (χ4v) is 1.79. The molecule has 7 nitrogen and oxygen atoms in total. The normalized spacial score (nSPS) is 10.6. The summed E-state index contributed by atoms with van der Waals surface area (Å²) in [6.45, 7) is -0.109. The van der Waals surface area contributed by atoms with E-state index in [9.17, 15) is 9.59 Å². The first-order valence-electron chi connectivity index (χ1n) is 5.58. The molecule has 0 aliphatic rings. The number of hydrogen-bond acceptors (Lipinski definition) is 4. The average Bonchev–Trinajstić information content (AvgIpc) is 2.67. The largest absolute Gasteiger partial charge is 0.481 e. The highest BCUT2D eigenvalue weighted by Crippen LogP contribution is 2.15. The summed E-state index contributed by atoms with van der Waals surface area (Å²) in [6.07, 6.45) is 3.21. The van der Waals surface area contributed by atoms with Gasteiger partial charge in [0.25, 0.3) is 0 Å². The Labute approximate surface area is 108 Å². The fourth-order valence-electron chi connectivity index (χ4n) is 1.79. The predicted molar refractivity (Wildman–Crippen MR) is 67.4 cm³/mol. The van der Waals surface area contributed by atoms with E-state index in [1.54, 1.807) is 40.9 Å². The highest BCUT2D eigenvalue weighted by molar-refractivity contribution is 5.73. The second-order valence-electron chi connectivity index (χ2n) is 4.21. The van der Waals surface area contributed by atoms with Crippen LogP contribution in [-0.2, 0) is 16.0 Å². The van der Waals surface area contributed by atoms with Crippen LogP contribution >= 0.6 is 0 Å². The van der Waals surface area contributed by atoms with E-state index in [0.717, 1.165) is 0 Å². The SMILES string of the molecule is CN(CC(=O)O)c1ccc2nc(CC(=O)O)cn2c1. The standard InChI is InChI=1S/C12H13N3O4/c1-14(7-12(18)19)9-2-3-10-13-8(4-11(16)17)5-15(10)6-9/h2-3,5-6H,4,7H2,1H3,(H,16,17)(H,18,19). The van der Waals surface area contributed by atoms with E-state index in [0.29, 0.717) is 17.0 Å². The van der Waals surface area contributed by atoms with Gasteiger partial charge in [0.1, 0.15) is 12.2 Å². The summed E-state index contributed by atoms with van der Waals surface area (Å²) in [5.74, 6) is -1.86. The van der Waals surface area contributed by atoms with Gasteiger partial charge in [-0.3, -0.25) is 9.59 Å². The molecule has 2 rings (SSSR count). The second kappa shape index (κ2) is 4.97. The maximum Gasteiger partial charge on any atom is 0.323 e. The Morgan fingerprint density at radius 2 is 2.00 bits per heavy atom. The highest BCUT2D eigenvalue weighted by Gasteiger charge is 2.09. The van der Waals surface area contributed by atoms with Gasteiger partial charge < -0.3 is 19.5 Å². The summed E-state index contributed by atoms with van der Waals surface area (Å²) in [5, 5.41) is 17.4. The van der Waals surface area contributed by atoms with Gasteiger partial charge in [0.05, 0.1) is 17.8 Å². The van der Waals surface area contributed by atoms with Gasteiger partial charge in [-0.05, 0) is 12.1 Å².